The Morgan fingerprint density at radius 3 is 2.54 bits per heavy atom. The van der Waals surface area contributed by atoms with E-state index in [0.29, 0.717) is 49.1 Å². The summed E-state index contributed by atoms with van der Waals surface area (Å²) in [4.78, 5) is 18.9. The van der Waals surface area contributed by atoms with Gasteiger partial charge >= 0.3 is 13.2 Å². The molecule has 0 spiro atoms. The van der Waals surface area contributed by atoms with Gasteiger partial charge in [0, 0.05) is 18.4 Å². The number of hydrogen-bond donors (Lipinski definition) is 1. The van der Waals surface area contributed by atoms with Gasteiger partial charge in [0.1, 0.15) is 0 Å². The van der Waals surface area contributed by atoms with Crippen molar-refractivity contribution in [3.05, 3.63) is 46.0 Å². The van der Waals surface area contributed by atoms with Crippen LogP contribution in [0.15, 0.2) is 40.5 Å². The van der Waals surface area contributed by atoms with Gasteiger partial charge in [-0.1, -0.05) is 18.2 Å². The minimum absolute atomic E-state index is 0.282. The van der Waals surface area contributed by atoms with Gasteiger partial charge < -0.3 is 19.8 Å². The van der Waals surface area contributed by atoms with E-state index in [0.717, 1.165) is 4.68 Å². The summed E-state index contributed by atoms with van der Waals surface area (Å²) in [6.07, 6.45) is 2.27. The van der Waals surface area contributed by atoms with Crippen LogP contribution < -0.4 is 16.3 Å². The highest BCUT2D eigenvalue weighted by atomic mass is 31.2. The van der Waals surface area contributed by atoms with Crippen LogP contribution in [0.2, 0.25) is 0 Å². The lowest BCUT2D eigenvalue weighted by Gasteiger charge is -2.29. The number of benzene rings is 1. The molecule has 2 heterocycles. The first-order valence-electron chi connectivity index (χ1n) is 8.60. The van der Waals surface area contributed by atoms with Gasteiger partial charge in [0.15, 0.2) is 5.82 Å². The van der Waals surface area contributed by atoms with Crippen LogP contribution in [0.4, 0.5) is 5.82 Å². The maximum Gasteiger partial charge on any atom is 0.357 e. The van der Waals surface area contributed by atoms with Crippen molar-refractivity contribution >= 4 is 24.4 Å². The summed E-state index contributed by atoms with van der Waals surface area (Å²) >= 11 is 0. The van der Waals surface area contributed by atoms with E-state index in [1.165, 1.54) is 0 Å². The molecule has 2 aromatic rings. The summed E-state index contributed by atoms with van der Waals surface area (Å²) in [5, 5.41) is 0.645. The molecule has 0 bridgehead atoms. The van der Waals surface area contributed by atoms with Crippen LogP contribution >= 0.6 is 7.60 Å². The van der Waals surface area contributed by atoms with E-state index in [4.69, 9.17) is 14.9 Å². The van der Waals surface area contributed by atoms with E-state index in [-0.39, 0.29) is 11.4 Å². The lowest BCUT2D eigenvalue weighted by Crippen LogP contribution is -2.38. The molecule has 0 radical (unpaired) electrons. The summed E-state index contributed by atoms with van der Waals surface area (Å²) in [5.74, 6) is 6.22. The number of anilines is 1. The van der Waals surface area contributed by atoms with Crippen LogP contribution in [0.25, 0.3) is 11.0 Å². The van der Waals surface area contributed by atoms with Crippen molar-refractivity contribution in [2.24, 2.45) is 0 Å². The first-order chi connectivity index (χ1) is 12.5. The fourth-order valence-electron chi connectivity index (χ4n) is 2.99. The normalized spacial score (nSPS) is 15.3. The number of nitrogen functional groups attached to an aromatic ring is 1. The fraction of sp³-hybridized carbons (Fsp3) is 0.412. The molecule has 0 atom stereocenters. The Hall–Kier alpha value is -2.15. The molecule has 1 aromatic heterocycles. The van der Waals surface area contributed by atoms with Crippen molar-refractivity contribution in [2.75, 3.05) is 37.0 Å². The van der Waals surface area contributed by atoms with Crippen LogP contribution in [-0.2, 0) is 13.6 Å². The zero-order valence-electron chi connectivity index (χ0n) is 14.9. The van der Waals surface area contributed by atoms with Crippen LogP contribution in [0, 0.1) is 0 Å². The number of nitrogens with two attached hydrogens (primary N) is 1. The number of nitrogens with zero attached hydrogens (tertiary/aromatic N) is 3. The average molecular weight is 378 g/mol. The van der Waals surface area contributed by atoms with Crippen molar-refractivity contribution in [3.8, 4) is 0 Å². The molecular weight excluding hydrogens is 355 g/mol. The van der Waals surface area contributed by atoms with Crippen LogP contribution in [0.1, 0.15) is 20.3 Å². The first-order valence-corrected chi connectivity index (χ1v) is 10.1. The Bertz CT molecular complexity index is 930. The van der Waals surface area contributed by atoms with Gasteiger partial charge in [0.2, 0.25) is 0 Å². The predicted octanol–water partition coefficient (Wildman–Crippen LogP) is 2.47. The van der Waals surface area contributed by atoms with E-state index in [9.17, 15) is 9.36 Å². The molecular formula is C17H23N4O4P. The maximum atomic E-state index is 12.9. The van der Waals surface area contributed by atoms with Crippen molar-refractivity contribution < 1.29 is 13.6 Å². The van der Waals surface area contributed by atoms with E-state index in [2.05, 4.69) is 4.98 Å². The van der Waals surface area contributed by atoms with Crippen LogP contribution in [0.3, 0.4) is 0 Å². The Morgan fingerprint density at radius 1 is 1.23 bits per heavy atom. The van der Waals surface area contributed by atoms with Gasteiger partial charge in [0.25, 0.3) is 0 Å². The summed E-state index contributed by atoms with van der Waals surface area (Å²) in [5.41, 5.74) is 0.860. The Balaban J connectivity index is 1.91. The van der Waals surface area contributed by atoms with Gasteiger partial charge in [-0.15, -0.1) is 0 Å². The second-order valence-electron chi connectivity index (χ2n) is 5.82. The monoisotopic (exact) mass is 378 g/mol. The third-order valence-corrected chi connectivity index (χ3v) is 6.52. The second kappa shape index (κ2) is 7.61. The van der Waals surface area contributed by atoms with E-state index >= 15 is 0 Å². The first kappa shape index (κ1) is 18.6. The zero-order chi connectivity index (χ0) is 18.7. The molecule has 0 saturated carbocycles. The van der Waals surface area contributed by atoms with Gasteiger partial charge in [-0.05, 0) is 32.4 Å². The van der Waals surface area contributed by atoms with Crippen molar-refractivity contribution in [1.82, 2.24) is 9.66 Å². The summed E-state index contributed by atoms with van der Waals surface area (Å²) in [6, 6.07) is 7.22. The molecule has 0 aliphatic carbocycles. The molecule has 1 aromatic carbocycles. The number of fused-ring (bicyclic) bond motifs is 1. The molecule has 2 N–H and O–H groups in total. The second-order valence-corrected chi connectivity index (χ2v) is 7.91. The third kappa shape index (κ3) is 3.40. The predicted molar refractivity (Wildman–Crippen MR) is 102 cm³/mol. The summed E-state index contributed by atoms with van der Waals surface area (Å²) in [7, 11) is -3.27. The van der Waals surface area contributed by atoms with E-state index < -0.39 is 7.60 Å². The maximum absolute atomic E-state index is 12.9. The fourth-order valence-corrected chi connectivity index (χ4v) is 4.76. The highest BCUT2D eigenvalue weighted by Gasteiger charge is 2.32. The molecule has 1 aliphatic heterocycles. The van der Waals surface area contributed by atoms with Gasteiger partial charge in [-0.2, -0.15) is 0 Å². The minimum atomic E-state index is -3.27. The largest absolute Gasteiger partial charge is 0.357 e. The smallest absolute Gasteiger partial charge is 0.348 e. The van der Waals surface area contributed by atoms with Crippen molar-refractivity contribution in [3.63, 3.8) is 0 Å². The lowest BCUT2D eigenvalue weighted by atomic mass is 10.2. The van der Waals surface area contributed by atoms with Crippen molar-refractivity contribution in [1.29, 1.82) is 0 Å². The molecule has 3 rings (SSSR count). The zero-order valence-corrected chi connectivity index (χ0v) is 15.8. The molecule has 26 heavy (non-hydrogen) atoms. The van der Waals surface area contributed by atoms with E-state index in [1.54, 1.807) is 32.1 Å². The molecule has 0 fully saturated rings. The van der Waals surface area contributed by atoms with Crippen LogP contribution in [-0.4, -0.2) is 36.0 Å². The van der Waals surface area contributed by atoms with Gasteiger partial charge in [0.05, 0.1) is 24.2 Å². The summed E-state index contributed by atoms with van der Waals surface area (Å²) in [6.45, 7) is 5.05. The molecule has 0 saturated heterocycles. The van der Waals surface area contributed by atoms with Crippen LogP contribution in [0.5, 0.6) is 0 Å². The lowest BCUT2D eigenvalue weighted by molar-refractivity contribution is 0.225. The molecule has 9 heteroatoms. The van der Waals surface area contributed by atoms with Crippen molar-refractivity contribution in [2.45, 2.75) is 20.3 Å². The minimum Gasteiger partial charge on any atom is -0.348 e. The molecule has 140 valence electrons. The molecule has 1 aliphatic rings. The Kier molecular flexibility index (Phi) is 5.46. The van der Waals surface area contributed by atoms with Gasteiger partial charge in [-0.3, -0.25) is 9.36 Å². The molecule has 8 nitrogen and oxygen atoms in total. The molecule has 0 unspecified atom stereocenters. The SMILES string of the molecule is CCOP(=O)(OCC)C1=CCN(c2nc3ccccc3n(N)c2=O)CC1. The Morgan fingerprint density at radius 2 is 1.92 bits per heavy atom. The Labute approximate surface area is 151 Å². The number of rotatable bonds is 6. The summed E-state index contributed by atoms with van der Waals surface area (Å²) < 4.78 is 24.8. The highest BCUT2D eigenvalue weighted by Crippen LogP contribution is 2.57. The quantitative estimate of drug-likeness (QED) is 0.609. The number of aromatic nitrogens is 2. The molecule has 0 amide bonds. The standard InChI is InChI=1S/C17H23N4O4P/c1-3-24-26(23,25-4-2)13-9-11-20(12-10-13)16-17(22)21(18)15-8-6-5-7-14(15)19-16/h5-9H,3-4,10-12,18H2,1-2H3. The number of para-hydroxylation sites is 2. The van der Waals surface area contributed by atoms with Gasteiger partial charge in [-0.25, -0.2) is 9.66 Å². The van der Waals surface area contributed by atoms with E-state index in [1.807, 2.05) is 17.0 Å². The third-order valence-electron chi connectivity index (χ3n) is 4.21. The average Bonchev–Trinajstić information content (AvgIpc) is 2.65. The topological polar surface area (TPSA) is 99.7 Å². The highest BCUT2D eigenvalue weighted by molar-refractivity contribution is 7.58. The number of hydrogen-bond acceptors (Lipinski definition) is 7.